The highest BCUT2D eigenvalue weighted by molar-refractivity contribution is 5.97. The third-order valence-electron chi connectivity index (χ3n) is 5.01. The normalized spacial score (nSPS) is 14.4. The highest BCUT2D eigenvalue weighted by Crippen LogP contribution is 2.20. The summed E-state index contributed by atoms with van der Waals surface area (Å²) in [5, 5.41) is 2.92. The molecule has 1 N–H and O–H groups in total. The molecule has 0 saturated heterocycles. The molecule has 5 heteroatoms. The number of ether oxygens (including phenoxy) is 1. The van der Waals surface area contributed by atoms with Gasteiger partial charge in [-0.15, -0.1) is 0 Å². The van der Waals surface area contributed by atoms with Gasteiger partial charge >= 0.3 is 0 Å². The third-order valence-corrected chi connectivity index (χ3v) is 5.01. The molecule has 1 aliphatic heterocycles. The van der Waals surface area contributed by atoms with E-state index in [0.29, 0.717) is 24.4 Å². The van der Waals surface area contributed by atoms with Gasteiger partial charge in [-0.3, -0.25) is 9.59 Å². The molecular formula is C22H26N2O3. The maximum atomic E-state index is 13.1. The van der Waals surface area contributed by atoms with E-state index >= 15 is 0 Å². The average molecular weight is 366 g/mol. The zero-order chi connectivity index (χ0) is 19.4. The van der Waals surface area contributed by atoms with Crippen molar-refractivity contribution in [3.8, 4) is 5.75 Å². The lowest BCUT2D eigenvalue weighted by Crippen LogP contribution is -2.52. The zero-order valence-electron chi connectivity index (χ0n) is 16.1. The Bertz CT molecular complexity index is 815. The number of nitrogens with zero attached hydrogens (tertiary/aromatic N) is 1. The van der Waals surface area contributed by atoms with Gasteiger partial charge in [-0.05, 0) is 47.7 Å². The van der Waals surface area contributed by atoms with Crippen LogP contribution in [-0.4, -0.2) is 36.4 Å². The van der Waals surface area contributed by atoms with Gasteiger partial charge in [0.1, 0.15) is 11.8 Å². The van der Waals surface area contributed by atoms with Crippen LogP contribution in [0.2, 0.25) is 0 Å². The fourth-order valence-corrected chi connectivity index (χ4v) is 3.36. The summed E-state index contributed by atoms with van der Waals surface area (Å²) in [6.07, 6.45) is 0.846. The number of benzene rings is 2. The molecule has 0 unspecified atom stereocenters. The molecule has 0 aromatic heterocycles. The van der Waals surface area contributed by atoms with E-state index in [9.17, 15) is 9.59 Å². The van der Waals surface area contributed by atoms with E-state index in [1.54, 1.807) is 31.4 Å². The van der Waals surface area contributed by atoms with E-state index in [1.165, 1.54) is 11.1 Å². The second kappa shape index (κ2) is 8.25. The molecule has 2 aromatic carbocycles. The quantitative estimate of drug-likeness (QED) is 0.885. The summed E-state index contributed by atoms with van der Waals surface area (Å²) >= 11 is 0. The van der Waals surface area contributed by atoms with Crippen molar-refractivity contribution in [1.82, 2.24) is 10.2 Å². The maximum Gasteiger partial charge on any atom is 0.251 e. The highest BCUT2D eigenvalue weighted by Gasteiger charge is 2.30. The smallest absolute Gasteiger partial charge is 0.251 e. The van der Waals surface area contributed by atoms with Gasteiger partial charge in [0.15, 0.2) is 0 Å². The Balaban J connectivity index is 1.71. The molecule has 0 aliphatic carbocycles. The molecule has 2 aromatic rings. The Labute approximate surface area is 160 Å². The zero-order valence-corrected chi connectivity index (χ0v) is 16.1. The summed E-state index contributed by atoms with van der Waals surface area (Å²) in [5.41, 5.74) is 2.99. The molecule has 142 valence electrons. The summed E-state index contributed by atoms with van der Waals surface area (Å²) in [6, 6.07) is 14.5. The van der Waals surface area contributed by atoms with Crippen LogP contribution in [0, 0.1) is 5.92 Å². The van der Waals surface area contributed by atoms with Gasteiger partial charge in [0, 0.05) is 18.7 Å². The van der Waals surface area contributed by atoms with E-state index in [2.05, 4.69) is 17.4 Å². The largest absolute Gasteiger partial charge is 0.497 e. The number of methoxy groups -OCH3 is 1. The molecule has 27 heavy (non-hydrogen) atoms. The first kappa shape index (κ1) is 19.0. The van der Waals surface area contributed by atoms with Crippen LogP contribution < -0.4 is 10.1 Å². The van der Waals surface area contributed by atoms with Crippen molar-refractivity contribution >= 4 is 11.8 Å². The first-order valence-corrected chi connectivity index (χ1v) is 9.30. The first-order chi connectivity index (χ1) is 13.0. The van der Waals surface area contributed by atoms with Crippen LogP contribution in [0.15, 0.2) is 48.5 Å². The lowest BCUT2D eigenvalue weighted by Gasteiger charge is -2.33. The van der Waals surface area contributed by atoms with Crippen molar-refractivity contribution in [2.75, 3.05) is 13.7 Å². The van der Waals surface area contributed by atoms with Crippen LogP contribution in [0.1, 0.15) is 35.3 Å². The summed E-state index contributed by atoms with van der Waals surface area (Å²) in [6.45, 7) is 5.18. The Kier molecular flexibility index (Phi) is 5.79. The fourth-order valence-electron chi connectivity index (χ4n) is 3.36. The van der Waals surface area contributed by atoms with Crippen LogP contribution >= 0.6 is 0 Å². The molecule has 1 heterocycles. The van der Waals surface area contributed by atoms with Crippen LogP contribution in [0.3, 0.4) is 0 Å². The molecule has 0 spiro atoms. The second-order valence-electron chi connectivity index (χ2n) is 7.20. The van der Waals surface area contributed by atoms with Crippen LogP contribution in [0.5, 0.6) is 5.75 Å². The molecule has 2 amide bonds. The number of hydrogen-bond donors (Lipinski definition) is 1. The Morgan fingerprint density at radius 1 is 1.04 bits per heavy atom. The molecule has 1 atom stereocenters. The highest BCUT2D eigenvalue weighted by atomic mass is 16.5. The summed E-state index contributed by atoms with van der Waals surface area (Å²) in [7, 11) is 1.58. The number of carbonyl (C=O) groups excluding carboxylic acids is 2. The predicted molar refractivity (Wildman–Crippen MR) is 105 cm³/mol. The third kappa shape index (κ3) is 4.30. The van der Waals surface area contributed by atoms with Crippen molar-refractivity contribution in [1.29, 1.82) is 0 Å². The van der Waals surface area contributed by atoms with E-state index in [-0.39, 0.29) is 17.7 Å². The minimum Gasteiger partial charge on any atom is -0.497 e. The van der Waals surface area contributed by atoms with Gasteiger partial charge in [0.05, 0.1) is 7.11 Å². The Morgan fingerprint density at radius 3 is 2.33 bits per heavy atom. The predicted octanol–water partition coefficient (Wildman–Crippen LogP) is 3.03. The van der Waals surface area contributed by atoms with Gasteiger partial charge in [0.25, 0.3) is 5.91 Å². The maximum absolute atomic E-state index is 13.1. The first-order valence-electron chi connectivity index (χ1n) is 9.30. The van der Waals surface area contributed by atoms with Crippen LogP contribution in [0.4, 0.5) is 0 Å². The number of hydrogen-bond acceptors (Lipinski definition) is 3. The molecule has 0 bridgehead atoms. The van der Waals surface area contributed by atoms with Crippen LogP contribution in [-0.2, 0) is 17.8 Å². The topological polar surface area (TPSA) is 58.6 Å². The standard InChI is InChI=1S/C22H26N2O3/c1-15(2)20(23-21(25)17-8-10-19(27-3)11-9-17)22(26)24-13-12-16-6-4-5-7-18(16)14-24/h4-11,15,20H,12-14H2,1-3H3,(H,23,25)/t20-/m0/s1. The SMILES string of the molecule is COc1ccc(C(=O)N[C@H](C(=O)N2CCc3ccccc3C2)C(C)C)cc1. The van der Waals surface area contributed by atoms with E-state index in [1.807, 2.05) is 30.9 Å². The molecular weight excluding hydrogens is 340 g/mol. The minimum atomic E-state index is -0.551. The molecule has 0 saturated carbocycles. The number of fused-ring (bicyclic) bond motifs is 1. The summed E-state index contributed by atoms with van der Waals surface area (Å²) < 4.78 is 5.12. The Hall–Kier alpha value is -2.82. The van der Waals surface area contributed by atoms with Gasteiger partial charge in [0.2, 0.25) is 5.91 Å². The van der Waals surface area contributed by atoms with E-state index in [4.69, 9.17) is 4.74 Å². The monoisotopic (exact) mass is 366 g/mol. The number of rotatable bonds is 5. The van der Waals surface area contributed by atoms with Crippen molar-refractivity contribution in [2.45, 2.75) is 32.9 Å². The molecule has 0 fully saturated rings. The van der Waals surface area contributed by atoms with Gasteiger partial charge in [-0.1, -0.05) is 38.1 Å². The molecule has 5 nitrogen and oxygen atoms in total. The fraction of sp³-hybridized carbons (Fsp3) is 0.364. The Morgan fingerprint density at radius 2 is 1.70 bits per heavy atom. The van der Waals surface area contributed by atoms with Crippen molar-refractivity contribution < 1.29 is 14.3 Å². The summed E-state index contributed by atoms with van der Waals surface area (Å²) in [5.74, 6) is 0.412. The average Bonchev–Trinajstić information content (AvgIpc) is 2.70. The molecule has 0 radical (unpaired) electrons. The lowest BCUT2D eigenvalue weighted by atomic mass is 9.97. The van der Waals surface area contributed by atoms with Crippen molar-refractivity contribution in [3.05, 3.63) is 65.2 Å². The van der Waals surface area contributed by atoms with Gasteiger partial charge in [-0.25, -0.2) is 0 Å². The second-order valence-corrected chi connectivity index (χ2v) is 7.20. The number of nitrogens with one attached hydrogen (secondary N) is 1. The van der Waals surface area contributed by atoms with E-state index in [0.717, 1.165) is 6.42 Å². The molecule has 3 rings (SSSR count). The van der Waals surface area contributed by atoms with Crippen molar-refractivity contribution in [2.24, 2.45) is 5.92 Å². The number of carbonyl (C=O) groups is 2. The van der Waals surface area contributed by atoms with Crippen LogP contribution in [0.25, 0.3) is 0 Å². The van der Waals surface area contributed by atoms with Gasteiger partial charge in [-0.2, -0.15) is 0 Å². The minimum absolute atomic E-state index is 0.00290. The lowest BCUT2D eigenvalue weighted by molar-refractivity contribution is -0.135. The molecule has 1 aliphatic rings. The van der Waals surface area contributed by atoms with Crippen molar-refractivity contribution in [3.63, 3.8) is 0 Å². The van der Waals surface area contributed by atoms with Gasteiger partial charge < -0.3 is 15.0 Å². The summed E-state index contributed by atoms with van der Waals surface area (Å²) in [4.78, 5) is 27.6. The number of amides is 2. The van der Waals surface area contributed by atoms with E-state index < -0.39 is 6.04 Å².